The van der Waals surface area contributed by atoms with Crippen LogP contribution in [0.1, 0.15) is 25.5 Å². The third-order valence-corrected chi connectivity index (χ3v) is 2.50. The van der Waals surface area contributed by atoms with Crippen LogP contribution in [0, 0.1) is 17.0 Å². The van der Waals surface area contributed by atoms with E-state index >= 15 is 0 Å². The summed E-state index contributed by atoms with van der Waals surface area (Å²) < 4.78 is 1.62. The fraction of sp³-hybridized carbons (Fsp3) is 0.700. The van der Waals surface area contributed by atoms with Gasteiger partial charge in [0.25, 0.3) is 0 Å². The molecule has 0 aliphatic heterocycles. The molecule has 0 amide bonds. The normalized spacial score (nSPS) is 10.5. The number of unbranched alkanes of at least 4 members (excludes halogenated alkanes) is 1. The molecule has 0 unspecified atom stereocenters. The van der Waals surface area contributed by atoms with Crippen LogP contribution >= 0.6 is 0 Å². The highest BCUT2D eigenvalue weighted by molar-refractivity contribution is 5.59. The molecular weight excluding hydrogens is 222 g/mol. The summed E-state index contributed by atoms with van der Waals surface area (Å²) in [6.07, 6.45) is 1.79. The third-order valence-electron chi connectivity index (χ3n) is 2.50. The van der Waals surface area contributed by atoms with Crippen LogP contribution in [0.5, 0.6) is 0 Å². The van der Waals surface area contributed by atoms with E-state index in [-0.39, 0.29) is 10.6 Å². The Kier molecular flexibility index (Phi) is 4.89. The third kappa shape index (κ3) is 3.16. The van der Waals surface area contributed by atoms with Crippen molar-refractivity contribution in [2.45, 2.75) is 33.2 Å². The van der Waals surface area contributed by atoms with Crippen LogP contribution in [0.15, 0.2) is 0 Å². The summed E-state index contributed by atoms with van der Waals surface area (Å²) in [6, 6.07) is 0. The number of hydrogen-bond donors (Lipinski definition) is 2. The molecule has 0 aliphatic carbocycles. The Morgan fingerprint density at radius 2 is 2.24 bits per heavy atom. The zero-order valence-corrected chi connectivity index (χ0v) is 10.3. The van der Waals surface area contributed by atoms with Gasteiger partial charge in [0.1, 0.15) is 5.69 Å². The molecule has 0 saturated carbocycles. The standard InChI is InChI=1S/C10H19N5O2/c1-3-14-10(12-7-5-4-6-11)9(15(16)17)8(2)13-14/h12H,3-7,11H2,1-2H3. The summed E-state index contributed by atoms with van der Waals surface area (Å²) in [6.45, 7) is 5.46. The average Bonchev–Trinajstić information content (AvgIpc) is 2.61. The molecule has 0 aliphatic rings. The Morgan fingerprint density at radius 3 is 2.76 bits per heavy atom. The molecular formula is C10H19N5O2. The quantitative estimate of drug-likeness (QED) is 0.425. The van der Waals surface area contributed by atoms with Gasteiger partial charge in [0.2, 0.25) is 5.82 Å². The van der Waals surface area contributed by atoms with Crippen molar-refractivity contribution in [2.24, 2.45) is 5.73 Å². The molecule has 1 aromatic rings. The number of nitro groups is 1. The molecule has 7 heteroatoms. The Labute approximate surface area is 100 Å². The molecule has 0 bridgehead atoms. The number of aryl methyl sites for hydroxylation is 2. The SMILES string of the molecule is CCn1nc(C)c([N+](=O)[O-])c1NCCCCN. The summed E-state index contributed by atoms with van der Waals surface area (Å²) in [7, 11) is 0. The highest BCUT2D eigenvalue weighted by atomic mass is 16.6. The van der Waals surface area contributed by atoms with E-state index in [0.29, 0.717) is 31.1 Å². The van der Waals surface area contributed by atoms with Crippen LogP contribution in [0.2, 0.25) is 0 Å². The van der Waals surface area contributed by atoms with Gasteiger partial charge in [-0.05, 0) is 33.2 Å². The molecule has 0 atom stereocenters. The van der Waals surface area contributed by atoms with Crippen molar-refractivity contribution in [1.82, 2.24) is 9.78 Å². The zero-order chi connectivity index (χ0) is 12.8. The Balaban J connectivity index is 2.83. The Bertz CT molecular complexity index is 388. The van der Waals surface area contributed by atoms with Crippen LogP contribution in [0.4, 0.5) is 11.5 Å². The molecule has 0 fully saturated rings. The molecule has 1 aromatic heterocycles. The van der Waals surface area contributed by atoms with Gasteiger partial charge in [0, 0.05) is 13.1 Å². The van der Waals surface area contributed by atoms with Crippen molar-refractivity contribution in [3.05, 3.63) is 15.8 Å². The number of nitrogens with two attached hydrogens (primary N) is 1. The van der Waals surface area contributed by atoms with Gasteiger partial charge < -0.3 is 11.1 Å². The van der Waals surface area contributed by atoms with E-state index in [4.69, 9.17) is 5.73 Å². The summed E-state index contributed by atoms with van der Waals surface area (Å²) in [5.74, 6) is 0.493. The van der Waals surface area contributed by atoms with E-state index in [1.54, 1.807) is 11.6 Å². The maximum absolute atomic E-state index is 11.0. The minimum atomic E-state index is -0.389. The van der Waals surface area contributed by atoms with E-state index in [1.807, 2.05) is 6.92 Å². The first-order chi connectivity index (χ1) is 8.11. The second kappa shape index (κ2) is 6.19. The van der Waals surface area contributed by atoms with E-state index in [2.05, 4.69) is 10.4 Å². The zero-order valence-electron chi connectivity index (χ0n) is 10.3. The lowest BCUT2D eigenvalue weighted by molar-refractivity contribution is -0.384. The van der Waals surface area contributed by atoms with E-state index < -0.39 is 0 Å². The van der Waals surface area contributed by atoms with Gasteiger partial charge in [-0.25, -0.2) is 4.68 Å². The summed E-state index contributed by atoms with van der Waals surface area (Å²) in [4.78, 5) is 10.6. The number of rotatable bonds is 7. The first-order valence-corrected chi connectivity index (χ1v) is 5.77. The number of hydrogen-bond acceptors (Lipinski definition) is 5. The minimum absolute atomic E-state index is 0.0691. The maximum atomic E-state index is 11.0. The molecule has 0 saturated heterocycles. The first kappa shape index (κ1) is 13.4. The summed E-state index contributed by atoms with van der Waals surface area (Å²) in [5, 5.41) is 18.2. The van der Waals surface area contributed by atoms with Gasteiger partial charge >= 0.3 is 5.69 Å². The van der Waals surface area contributed by atoms with Gasteiger partial charge in [-0.15, -0.1) is 0 Å². The van der Waals surface area contributed by atoms with Crippen molar-refractivity contribution in [3.8, 4) is 0 Å². The number of nitrogens with zero attached hydrogens (tertiary/aromatic N) is 3. The largest absolute Gasteiger partial charge is 0.365 e. The smallest absolute Gasteiger partial charge is 0.333 e. The van der Waals surface area contributed by atoms with E-state index in [9.17, 15) is 10.1 Å². The highest BCUT2D eigenvalue weighted by Gasteiger charge is 2.24. The van der Waals surface area contributed by atoms with Crippen molar-refractivity contribution in [3.63, 3.8) is 0 Å². The highest BCUT2D eigenvalue weighted by Crippen LogP contribution is 2.27. The maximum Gasteiger partial charge on any atom is 0.333 e. The molecule has 17 heavy (non-hydrogen) atoms. The number of anilines is 1. The lowest BCUT2D eigenvalue weighted by Gasteiger charge is -2.06. The number of nitrogens with one attached hydrogen (secondary N) is 1. The molecule has 1 heterocycles. The van der Waals surface area contributed by atoms with E-state index in [1.165, 1.54) is 0 Å². The van der Waals surface area contributed by atoms with Crippen LogP contribution in [-0.4, -0.2) is 27.8 Å². The molecule has 96 valence electrons. The van der Waals surface area contributed by atoms with Crippen molar-refractivity contribution >= 4 is 11.5 Å². The topological polar surface area (TPSA) is 99.0 Å². The monoisotopic (exact) mass is 241 g/mol. The molecule has 1 rings (SSSR count). The van der Waals surface area contributed by atoms with Gasteiger partial charge in [0.15, 0.2) is 0 Å². The van der Waals surface area contributed by atoms with Gasteiger partial charge in [-0.2, -0.15) is 5.10 Å². The Hall–Kier alpha value is -1.63. The minimum Gasteiger partial charge on any atom is -0.365 e. The predicted octanol–water partition coefficient (Wildman–Crippen LogP) is 1.27. The summed E-state index contributed by atoms with van der Waals surface area (Å²) in [5.41, 5.74) is 5.90. The van der Waals surface area contributed by atoms with Gasteiger partial charge in [0.05, 0.1) is 4.92 Å². The lowest BCUT2D eigenvalue weighted by Crippen LogP contribution is -2.11. The first-order valence-electron chi connectivity index (χ1n) is 5.77. The second-order valence-electron chi connectivity index (χ2n) is 3.78. The molecule has 0 radical (unpaired) electrons. The lowest BCUT2D eigenvalue weighted by atomic mass is 10.3. The number of aromatic nitrogens is 2. The van der Waals surface area contributed by atoms with Crippen molar-refractivity contribution < 1.29 is 4.92 Å². The van der Waals surface area contributed by atoms with Crippen LogP contribution in [0.25, 0.3) is 0 Å². The van der Waals surface area contributed by atoms with E-state index in [0.717, 1.165) is 12.8 Å². The second-order valence-corrected chi connectivity index (χ2v) is 3.78. The van der Waals surface area contributed by atoms with Crippen LogP contribution in [-0.2, 0) is 6.54 Å². The molecule has 0 spiro atoms. The van der Waals surface area contributed by atoms with Crippen molar-refractivity contribution in [1.29, 1.82) is 0 Å². The predicted molar refractivity (Wildman–Crippen MR) is 66.1 cm³/mol. The molecule has 3 N–H and O–H groups in total. The fourth-order valence-corrected chi connectivity index (χ4v) is 1.67. The van der Waals surface area contributed by atoms with Crippen molar-refractivity contribution in [2.75, 3.05) is 18.4 Å². The average molecular weight is 241 g/mol. The molecule has 0 aromatic carbocycles. The summed E-state index contributed by atoms with van der Waals surface area (Å²) >= 11 is 0. The van der Waals surface area contributed by atoms with Gasteiger partial charge in [-0.1, -0.05) is 0 Å². The van der Waals surface area contributed by atoms with Crippen LogP contribution in [0.3, 0.4) is 0 Å². The van der Waals surface area contributed by atoms with Crippen LogP contribution < -0.4 is 11.1 Å². The van der Waals surface area contributed by atoms with Gasteiger partial charge in [-0.3, -0.25) is 10.1 Å². The molecule has 7 nitrogen and oxygen atoms in total. The Morgan fingerprint density at radius 1 is 1.53 bits per heavy atom. The fourth-order valence-electron chi connectivity index (χ4n) is 1.67.